The van der Waals surface area contributed by atoms with E-state index < -0.39 is 5.82 Å². The van der Waals surface area contributed by atoms with E-state index in [1.54, 1.807) is 13.2 Å². The normalized spacial score (nSPS) is 10.3. The molecule has 0 aliphatic carbocycles. The van der Waals surface area contributed by atoms with E-state index in [1.165, 1.54) is 12.1 Å². The first-order chi connectivity index (χ1) is 9.11. The molecule has 3 nitrogen and oxygen atoms in total. The average Bonchev–Trinajstić information content (AvgIpc) is 2.38. The Morgan fingerprint density at radius 1 is 1.26 bits per heavy atom. The summed E-state index contributed by atoms with van der Waals surface area (Å²) in [7, 11) is 1.57. The zero-order valence-corrected chi connectivity index (χ0v) is 11.9. The zero-order chi connectivity index (χ0) is 13.8. The number of hydrogen-bond acceptors (Lipinski definition) is 3. The molecule has 19 heavy (non-hydrogen) atoms. The molecule has 0 amide bonds. The lowest BCUT2D eigenvalue weighted by Crippen LogP contribution is -2.02. The molecule has 0 fully saturated rings. The minimum atomic E-state index is -0.478. The molecule has 2 N–H and O–H groups in total. The van der Waals surface area contributed by atoms with E-state index in [2.05, 4.69) is 15.9 Å². The van der Waals surface area contributed by atoms with Gasteiger partial charge in [-0.2, -0.15) is 0 Å². The third-order valence-corrected chi connectivity index (χ3v) is 3.11. The number of rotatable bonds is 4. The molecule has 0 aromatic heterocycles. The highest BCUT2D eigenvalue weighted by molar-refractivity contribution is 9.10. The first-order valence-corrected chi connectivity index (χ1v) is 6.40. The Hall–Kier alpha value is -1.75. The van der Waals surface area contributed by atoms with Crippen LogP contribution in [0, 0.1) is 5.82 Å². The van der Waals surface area contributed by atoms with E-state index in [0.29, 0.717) is 5.75 Å². The van der Waals surface area contributed by atoms with Crippen LogP contribution < -0.4 is 15.2 Å². The van der Waals surface area contributed by atoms with Crippen LogP contribution in [0.1, 0.15) is 5.56 Å². The smallest absolute Gasteiger partial charge is 0.178 e. The molecule has 2 rings (SSSR count). The number of para-hydroxylation sites is 1. The topological polar surface area (TPSA) is 44.5 Å². The van der Waals surface area contributed by atoms with E-state index in [4.69, 9.17) is 15.2 Å². The maximum atomic E-state index is 13.6. The number of anilines is 1. The van der Waals surface area contributed by atoms with Crippen molar-refractivity contribution in [3.05, 3.63) is 52.3 Å². The van der Waals surface area contributed by atoms with Crippen LogP contribution in [0.3, 0.4) is 0 Å². The Morgan fingerprint density at radius 3 is 2.74 bits per heavy atom. The standard InChI is InChI=1S/C14H13BrFNO2/c1-18-13-6-5-10(15)7-9(13)8-19-14-11(16)3-2-4-12(14)17/h2-7H,8,17H2,1H3. The molecule has 0 spiro atoms. The Bertz CT molecular complexity index is 569. The molecule has 0 heterocycles. The quantitative estimate of drug-likeness (QED) is 0.870. The van der Waals surface area contributed by atoms with Gasteiger partial charge in [-0.1, -0.05) is 22.0 Å². The Labute approximate surface area is 119 Å². The largest absolute Gasteiger partial charge is 0.496 e. The summed E-state index contributed by atoms with van der Waals surface area (Å²) in [6.45, 7) is 0.174. The van der Waals surface area contributed by atoms with Gasteiger partial charge in [0.25, 0.3) is 0 Å². The predicted octanol–water partition coefficient (Wildman–Crippen LogP) is 3.76. The van der Waals surface area contributed by atoms with Gasteiger partial charge in [0.15, 0.2) is 11.6 Å². The van der Waals surface area contributed by atoms with Crippen LogP contribution in [0.25, 0.3) is 0 Å². The van der Waals surface area contributed by atoms with Gasteiger partial charge in [-0.15, -0.1) is 0 Å². The number of hydrogen-bond donors (Lipinski definition) is 1. The van der Waals surface area contributed by atoms with Crippen LogP contribution in [0.5, 0.6) is 11.5 Å². The zero-order valence-electron chi connectivity index (χ0n) is 10.3. The van der Waals surface area contributed by atoms with Crippen molar-refractivity contribution in [1.29, 1.82) is 0 Å². The van der Waals surface area contributed by atoms with Crippen molar-refractivity contribution in [2.45, 2.75) is 6.61 Å². The van der Waals surface area contributed by atoms with Gasteiger partial charge >= 0.3 is 0 Å². The Balaban J connectivity index is 2.21. The van der Waals surface area contributed by atoms with Crippen LogP contribution in [-0.2, 0) is 6.61 Å². The summed E-state index contributed by atoms with van der Waals surface area (Å²) in [5.74, 6) is 0.261. The lowest BCUT2D eigenvalue weighted by Gasteiger charge is -2.12. The third kappa shape index (κ3) is 3.17. The van der Waals surface area contributed by atoms with Crippen LogP contribution in [0.2, 0.25) is 0 Å². The average molecular weight is 326 g/mol. The van der Waals surface area contributed by atoms with Gasteiger partial charge in [0.1, 0.15) is 12.4 Å². The number of benzene rings is 2. The van der Waals surface area contributed by atoms with E-state index >= 15 is 0 Å². The number of halogens is 2. The molecule has 100 valence electrons. The van der Waals surface area contributed by atoms with Crippen molar-refractivity contribution >= 4 is 21.6 Å². The Kier molecular flexibility index (Phi) is 4.27. The molecule has 2 aromatic carbocycles. The molecule has 0 aliphatic heterocycles. The van der Waals surface area contributed by atoms with Crippen molar-refractivity contribution in [2.24, 2.45) is 0 Å². The highest BCUT2D eigenvalue weighted by Gasteiger charge is 2.10. The van der Waals surface area contributed by atoms with Crippen molar-refractivity contribution in [1.82, 2.24) is 0 Å². The molecule has 5 heteroatoms. The van der Waals surface area contributed by atoms with Crippen LogP contribution in [-0.4, -0.2) is 7.11 Å². The second-order valence-corrected chi connectivity index (χ2v) is 4.82. The summed E-state index contributed by atoms with van der Waals surface area (Å²) in [5, 5.41) is 0. The van der Waals surface area contributed by atoms with Gasteiger partial charge in [0, 0.05) is 10.0 Å². The molecule has 0 atom stereocenters. The van der Waals surface area contributed by atoms with Gasteiger partial charge in [0.05, 0.1) is 12.8 Å². The molecule has 0 radical (unpaired) electrons. The molecule has 0 bridgehead atoms. The summed E-state index contributed by atoms with van der Waals surface area (Å²) in [6.07, 6.45) is 0. The van der Waals surface area contributed by atoms with Crippen molar-refractivity contribution in [2.75, 3.05) is 12.8 Å². The molecule has 0 unspecified atom stereocenters. The summed E-state index contributed by atoms with van der Waals surface area (Å²) in [6, 6.07) is 9.97. The lowest BCUT2D eigenvalue weighted by molar-refractivity contribution is 0.284. The monoisotopic (exact) mass is 325 g/mol. The summed E-state index contributed by atoms with van der Waals surface area (Å²) >= 11 is 3.37. The van der Waals surface area contributed by atoms with Gasteiger partial charge in [-0.05, 0) is 30.3 Å². The minimum Gasteiger partial charge on any atom is -0.496 e. The maximum Gasteiger partial charge on any atom is 0.178 e. The predicted molar refractivity (Wildman–Crippen MR) is 75.8 cm³/mol. The fourth-order valence-corrected chi connectivity index (χ4v) is 2.10. The first kappa shape index (κ1) is 13.7. The second kappa shape index (κ2) is 5.93. The van der Waals surface area contributed by atoms with E-state index in [1.807, 2.05) is 18.2 Å². The minimum absolute atomic E-state index is 0.0597. The van der Waals surface area contributed by atoms with Crippen molar-refractivity contribution < 1.29 is 13.9 Å². The second-order valence-electron chi connectivity index (χ2n) is 3.90. The van der Waals surface area contributed by atoms with Gasteiger partial charge in [-0.25, -0.2) is 4.39 Å². The molecule has 0 aliphatic rings. The van der Waals surface area contributed by atoms with Gasteiger partial charge in [-0.3, -0.25) is 0 Å². The summed E-state index contributed by atoms with van der Waals surface area (Å²) in [5.41, 5.74) is 6.76. The highest BCUT2D eigenvalue weighted by atomic mass is 79.9. The van der Waals surface area contributed by atoms with E-state index in [9.17, 15) is 4.39 Å². The van der Waals surface area contributed by atoms with Crippen LogP contribution >= 0.6 is 15.9 Å². The third-order valence-electron chi connectivity index (χ3n) is 2.61. The number of methoxy groups -OCH3 is 1. The highest BCUT2D eigenvalue weighted by Crippen LogP contribution is 2.28. The van der Waals surface area contributed by atoms with E-state index in [-0.39, 0.29) is 18.0 Å². The molecule has 2 aromatic rings. The maximum absolute atomic E-state index is 13.6. The SMILES string of the molecule is COc1ccc(Br)cc1COc1c(N)cccc1F. The molecular weight excluding hydrogens is 313 g/mol. The van der Waals surface area contributed by atoms with E-state index in [0.717, 1.165) is 10.0 Å². The lowest BCUT2D eigenvalue weighted by atomic mass is 10.2. The Morgan fingerprint density at radius 2 is 2.05 bits per heavy atom. The number of nitrogens with two attached hydrogens (primary N) is 1. The van der Waals surface area contributed by atoms with Gasteiger partial charge < -0.3 is 15.2 Å². The number of nitrogen functional groups attached to an aromatic ring is 1. The molecule has 0 saturated heterocycles. The molecule has 0 saturated carbocycles. The van der Waals surface area contributed by atoms with Crippen molar-refractivity contribution in [3.8, 4) is 11.5 Å². The summed E-state index contributed by atoms with van der Waals surface area (Å²) < 4.78 is 25.1. The van der Waals surface area contributed by atoms with Crippen molar-refractivity contribution in [3.63, 3.8) is 0 Å². The first-order valence-electron chi connectivity index (χ1n) is 5.61. The fourth-order valence-electron chi connectivity index (χ4n) is 1.69. The number of ether oxygens (including phenoxy) is 2. The van der Waals surface area contributed by atoms with Gasteiger partial charge in [0.2, 0.25) is 0 Å². The van der Waals surface area contributed by atoms with Crippen LogP contribution in [0.4, 0.5) is 10.1 Å². The van der Waals surface area contributed by atoms with Crippen LogP contribution in [0.15, 0.2) is 40.9 Å². The fraction of sp³-hybridized carbons (Fsp3) is 0.143. The molecular formula is C14H13BrFNO2. The summed E-state index contributed by atoms with van der Waals surface area (Å²) in [4.78, 5) is 0.